The molecule has 0 amide bonds. The monoisotopic (exact) mass is 789 g/mol. The van der Waals surface area contributed by atoms with Crippen LogP contribution in [0, 0.1) is 34.0 Å². The minimum Gasteiger partial charge on any atom is -0.436 e. The lowest BCUT2D eigenvalue weighted by atomic mass is 9.97. The Morgan fingerprint density at radius 1 is 0.387 bits per heavy atom. The molecule has 11 aromatic rings. The van der Waals surface area contributed by atoms with E-state index in [1.165, 1.54) is 0 Å². The van der Waals surface area contributed by atoms with Crippen molar-refractivity contribution in [3.63, 3.8) is 0 Å². The second kappa shape index (κ2) is 14.7. The molecule has 0 fully saturated rings. The lowest BCUT2D eigenvalue weighted by molar-refractivity contribution is 0.620. The highest BCUT2D eigenvalue weighted by atomic mass is 16.3. The third kappa shape index (κ3) is 6.41. The number of benzene rings is 10. The van der Waals surface area contributed by atoms with Gasteiger partial charge in [0.05, 0.1) is 34.5 Å². The second-order valence-corrected chi connectivity index (χ2v) is 15.4. The Bertz CT molecular complexity index is 3550. The number of nitriles is 3. The highest BCUT2D eigenvalue weighted by Gasteiger charge is 2.20. The van der Waals surface area contributed by atoms with Crippen molar-refractivity contribution in [2.75, 3.05) is 4.90 Å². The molecule has 286 valence electrons. The molecule has 10 aromatic carbocycles. The summed E-state index contributed by atoms with van der Waals surface area (Å²) in [5, 5.41) is 38.0. The average molecular weight is 790 g/mol. The fraction of sp³-hybridized carbons (Fsp3) is 0. The molecule has 0 radical (unpaired) electrons. The van der Waals surface area contributed by atoms with E-state index in [-0.39, 0.29) is 0 Å². The van der Waals surface area contributed by atoms with Crippen molar-refractivity contribution >= 4 is 71.3 Å². The van der Waals surface area contributed by atoms with Crippen LogP contribution in [0.1, 0.15) is 16.7 Å². The fourth-order valence-corrected chi connectivity index (χ4v) is 8.47. The molecule has 62 heavy (non-hydrogen) atoms. The fourth-order valence-electron chi connectivity index (χ4n) is 8.47. The zero-order valence-corrected chi connectivity index (χ0v) is 33.0. The van der Waals surface area contributed by atoms with E-state index in [1.54, 1.807) is 0 Å². The molecule has 6 nitrogen and oxygen atoms in total. The van der Waals surface area contributed by atoms with E-state index >= 15 is 0 Å². The number of anilines is 3. The molecule has 0 unspecified atom stereocenters. The molecule has 0 spiro atoms. The first kappa shape index (κ1) is 36.1. The maximum atomic E-state index is 10.7. The van der Waals surface area contributed by atoms with Crippen molar-refractivity contribution in [2.45, 2.75) is 0 Å². The van der Waals surface area contributed by atoms with Crippen molar-refractivity contribution in [1.29, 1.82) is 15.8 Å². The average Bonchev–Trinajstić information content (AvgIpc) is 3.78. The Labute approximate surface area is 356 Å². The zero-order valence-electron chi connectivity index (χ0n) is 33.0. The minimum absolute atomic E-state index is 0.459. The predicted molar refractivity (Wildman–Crippen MR) is 249 cm³/mol. The first-order chi connectivity index (χ1) is 30.5. The van der Waals surface area contributed by atoms with Gasteiger partial charge in [-0.1, -0.05) is 84.9 Å². The van der Waals surface area contributed by atoms with E-state index in [9.17, 15) is 15.8 Å². The van der Waals surface area contributed by atoms with E-state index in [1.807, 2.05) is 78.9 Å². The summed E-state index contributed by atoms with van der Waals surface area (Å²) in [6.07, 6.45) is 0. The molecule has 6 heteroatoms. The summed E-state index contributed by atoms with van der Waals surface area (Å²) >= 11 is 0. The summed E-state index contributed by atoms with van der Waals surface area (Å²) in [5.41, 5.74) is 10.9. The number of hydrogen-bond donors (Lipinski definition) is 0. The van der Waals surface area contributed by atoms with Crippen molar-refractivity contribution < 1.29 is 4.42 Å². The van der Waals surface area contributed by atoms with Crippen molar-refractivity contribution in [3.05, 3.63) is 205 Å². The zero-order chi connectivity index (χ0) is 41.7. The molecular weight excluding hydrogens is 759 g/mol. The first-order valence-corrected chi connectivity index (χ1v) is 20.2. The largest absolute Gasteiger partial charge is 0.436 e. The van der Waals surface area contributed by atoms with Crippen LogP contribution in [0.3, 0.4) is 0 Å². The number of oxazole rings is 1. The third-order valence-electron chi connectivity index (χ3n) is 11.7. The first-order valence-electron chi connectivity index (χ1n) is 20.2. The molecule has 0 aliphatic heterocycles. The molecule has 0 atom stereocenters. The van der Waals surface area contributed by atoms with Gasteiger partial charge in [-0.3, -0.25) is 0 Å². The number of nitrogens with zero attached hydrogens (tertiary/aromatic N) is 5. The lowest BCUT2D eigenvalue weighted by Gasteiger charge is -2.27. The van der Waals surface area contributed by atoms with Gasteiger partial charge in [0.25, 0.3) is 0 Å². The maximum Gasteiger partial charge on any atom is 0.227 e. The van der Waals surface area contributed by atoms with Crippen LogP contribution in [0.2, 0.25) is 0 Å². The number of aromatic nitrogens is 1. The maximum absolute atomic E-state index is 10.7. The molecule has 0 saturated heterocycles. The molecule has 1 heterocycles. The van der Waals surface area contributed by atoms with Gasteiger partial charge in [0.15, 0.2) is 5.58 Å². The Kier molecular flexibility index (Phi) is 8.54. The summed E-state index contributed by atoms with van der Waals surface area (Å²) < 4.78 is 6.11. The van der Waals surface area contributed by atoms with Gasteiger partial charge in [-0.05, 0) is 168 Å². The van der Waals surface area contributed by atoms with Crippen LogP contribution in [0.25, 0.3) is 87.9 Å². The predicted octanol–water partition coefficient (Wildman–Crippen LogP) is 14.5. The van der Waals surface area contributed by atoms with Crippen molar-refractivity contribution in [2.24, 2.45) is 0 Å². The third-order valence-corrected chi connectivity index (χ3v) is 11.7. The molecule has 0 aliphatic carbocycles. The Morgan fingerprint density at radius 2 is 0.823 bits per heavy atom. The number of rotatable bonds is 6. The number of para-hydroxylation sites is 2. The van der Waals surface area contributed by atoms with Crippen LogP contribution in [0.5, 0.6) is 0 Å². The van der Waals surface area contributed by atoms with Gasteiger partial charge in [-0.25, -0.2) is 4.98 Å². The van der Waals surface area contributed by atoms with Crippen LogP contribution in [-0.2, 0) is 0 Å². The topological polar surface area (TPSA) is 101 Å². The Balaban J connectivity index is 1.00. The molecular formula is C56H31N5O. The van der Waals surface area contributed by atoms with E-state index in [0.29, 0.717) is 28.2 Å². The van der Waals surface area contributed by atoms with Gasteiger partial charge in [0.1, 0.15) is 11.6 Å². The van der Waals surface area contributed by atoms with E-state index < -0.39 is 0 Å². The molecule has 0 aliphatic rings. The van der Waals surface area contributed by atoms with Crippen molar-refractivity contribution in [3.8, 4) is 51.9 Å². The Morgan fingerprint density at radius 3 is 1.31 bits per heavy atom. The Hall–Kier alpha value is -9.02. The van der Waals surface area contributed by atoms with Gasteiger partial charge in [0, 0.05) is 16.9 Å². The normalized spacial score (nSPS) is 11.2. The van der Waals surface area contributed by atoms with Crippen LogP contribution < -0.4 is 4.90 Å². The summed E-state index contributed by atoms with van der Waals surface area (Å²) in [6, 6.07) is 70.4. The second-order valence-electron chi connectivity index (χ2n) is 15.4. The van der Waals surface area contributed by atoms with Gasteiger partial charge in [-0.2, -0.15) is 15.8 Å². The highest BCUT2D eigenvalue weighted by molar-refractivity contribution is 5.98. The highest BCUT2D eigenvalue weighted by Crippen LogP contribution is 2.41. The SMILES string of the molecule is N#Cc1ccc2cc(-c3ccc4cc(N(c5ccc6cc(-c7ccc8cc(C#N)ccc8c7)ccc6c5)c5ccc(-c6nc7ccccc7o6)cc5C#N)ccc4c3)ccc2c1. The summed E-state index contributed by atoms with van der Waals surface area (Å²) in [7, 11) is 0. The van der Waals surface area contributed by atoms with E-state index in [2.05, 4.69) is 132 Å². The van der Waals surface area contributed by atoms with E-state index in [0.717, 1.165) is 93.5 Å². The van der Waals surface area contributed by atoms with Gasteiger partial charge < -0.3 is 9.32 Å². The lowest BCUT2D eigenvalue weighted by Crippen LogP contribution is -2.11. The van der Waals surface area contributed by atoms with Gasteiger partial charge >= 0.3 is 0 Å². The van der Waals surface area contributed by atoms with Crippen LogP contribution in [-0.4, -0.2) is 4.98 Å². The van der Waals surface area contributed by atoms with Crippen LogP contribution in [0.15, 0.2) is 192 Å². The number of fused-ring (bicyclic) bond motifs is 5. The van der Waals surface area contributed by atoms with Gasteiger partial charge in [0.2, 0.25) is 5.89 Å². The summed E-state index contributed by atoms with van der Waals surface area (Å²) in [4.78, 5) is 6.85. The summed E-state index contributed by atoms with van der Waals surface area (Å²) in [5.74, 6) is 0.459. The molecule has 11 rings (SSSR count). The molecule has 1 aromatic heterocycles. The van der Waals surface area contributed by atoms with Crippen LogP contribution >= 0.6 is 0 Å². The standard InChI is InChI=1S/C56H31N5O/c57-32-35-5-7-39-25-41(11-9-37(39)23-35)43-13-15-47-30-51(20-17-45(47)27-43)61(54-22-19-49(29-50(54)34-59)56-60-53-3-1-2-4-55(53)62-56)52-21-18-46-28-44(14-16-48(46)31-52)42-12-10-38-24-36(33-58)6-8-40(38)26-42/h1-31H. The quantitative estimate of drug-likeness (QED) is 0.166. The molecule has 0 saturated carbocycles. The van der Waals surface area contributed by atoms with Gasteiger partial charge in [-0.15, -0.1) is 0 Å². The minimum atomic E-state index is 0.459. The summed E-state index contributed by atoms with van der Waals surface area (Å²) in [6.45, 7) is 0. The van der Waals surface area contributed by atoms with Crippen molar-refractivity contribution in [1.82, 2.24) is 4.98 Å². The molecule has 0 bridgehead atoms. The molecule has 0 N–H and O–H groups in total. The van der Waals surface area contributed by atoms with Crippen LogP contribution in [0.4, 0.5) is 17.1 Å². The van der Waals surface area contributed by atoms with E-state index in [4.69, 9.17) is 9.40 Å². The number of hydrogen-bond acceptors (Lipinski definition) is 6. The smallest absolute Gasteiger partial charge is 0.227 e.